The summed E-state index contributed by atoms with van der Waals surface area (Å²) in [6, 6.07) is 24.6. The van der Waals surface area contributed by atoms with Gasteiger partial charge in [0, 0.05) is 22.5 Å². The maximum Gasteiger partial charge on any atom is 0.415 e. The lowest BCUT2D eigenvalue weighted by molar-refractivity contribution is 0.0550. The first-order chi connectivity index (χ1) is 15.5. The minimum absolute atomic E-state index is 0.193. The van der Waals surface area contributed by atoms with Crippen molar-refractivity contribution in [1.82, 2.24) is 0 Å². The Kier molecular flexibility index (Phi) is 6.92. The van der Waals surface area contributed by atoms with Crippen LogP contribution in [0.1, 0.15) is 51.9 Å². The number of carbonyl (C=O) groups is 2. The van der Waals surface area contributed by atoms with E-state index in [-0.39, 0.29) is 5.91 Å². The predicted octanol–water partition coefficient (Wildman–Crippen LogP) is 7.15. The van der Waals surface area contributed by atoms with E-state index in [4.69, 9.17) is 4.74 Å². The molecule has 0 saturated carbocycles. The van der Waals surface area contributed by atoms with E-state index >= 15 is 0 Å². The van der Waals surface area contributed by atoms with E-state index < -0.39 is 17.2 Å². The summed E-state index contributed by atoms with van der Waals surface area (Å²) in [6.07, 6.45) is -0.413. The van der Waals surface area contributed by atoms with E-state index in [9.17, 15) is 9.59 Å². The number of nitrogens with zero attached hydrogens (tertiary/aromatic N) is 1. The van der Waals surface area contributed by atoms with E-state index in [0.29, 0.717) is 16.9 Å². The Labute approximate surface area is 196 Å². The van der Waals surface area contributed by atoms with Gasteiger partial charge in [-0.1, -0.05) is 48.5 Å². The molecule has 2 amide bonds. The summed E-state index contributed by atoms with van der Waals surface area (Å²) in [4.78, 5) is 27.5. The third kappa shape index (κ3) is 6.22. The van der Waals surface area contributed by atoms with Crippen molar-refractivity contribution >= 4 is 23.4 Å². The fourth-order valence-electron chi connectivity index (χ4n) is 3.52. The number of hydrogen-bond acceptors (Lipinski definition) is 3. The molecule has 0 radical (unpaired) electrons. The van der Waals surface area contributed by atoms with Crippen molar-refractivity contribution in [2.75, 3.05) is 10.2 Å². The highest BCUT2D eigenvalue weighted by molar-refractivity contribution is 6.08. The molecule has 0 atom stereocenters. The van der Waals surface area contributed by atoms with Crippen LogP contribution in [0, 0.1) is 0 Å². The van der Waals surface area contributed by atoms with Gasteiger partial charge in [-0.05, 0) is 83.0 Å². The lowest BCUT2D eigenvalue weighted by atomic mass is 9.99. The standard InChI is InChI=1S/C28H32N2O3/c1-27(2,3)30(26(32)33-28(4,5)6)22-18-16-21(17-19-22)29-25(31)24-15-11-10-14-23(24)20-12-8-7-9-13-20/h7-19H,1-6H3,(H,29,31). The fourth-order valence-corrected chi connectivity index (χ4v) is 3.52. The zero-order chi connectivity index (χ0) is 24.2. The Balaban J connectivity index is 1.82. The molecule has 5 nitrogen and oxygen atoms in total. The average molecular weight is 445 g/mol. The molecule has 0 aliphatic carbocycles. The summed E-state index contributed by atoms with van der Waals surface area (Å²) in [5.41, 5.74) is 2.71. The molecule has 0 heterocycles. The Bertz CT molecular complexity index is 1110. The second kappa shape index (κ2) is 9.49. The topological polar surface area (TPSA) is 58.6 Å². The molecule has 0 aliphatic heterocycles. The number of amides is 2. The predicted molar refractivity (Wildman–Crippen MR) is 135 cm³/mol. The largest absolute Gasteiger partial charge is 0.443 e. The quantitative estimate of drug-likeness (QED) is 0.465. The van der Waals surface area contributed by atoms with Gasteiger partial charge in [0.2, 0.25) is 0 Å². The van der Waals surface area contributed by atoms with Gasteiger partial charge in [-0.2, -0.15) is 0 Å². The first-order valence-corrected chi connectivity index (χ1v) is 11.0. The molecule has 3 aromatic rings. The van der Waals surface area contributed by atoms with Gasteiger partial charge in [0.05, 0.1) is 0 Å². The second-order valence-corrected chi connectivity index (χ2v) is 9.90. The van der Waals surface area contributed by atoms with Crippen molar-refractivity contribution in [3.05, 3.63) is 84.4 Å². The van der Waals surface area contributed by atoms with E-state index in [1.807, 2.05) is 108 Å². The van der Waals surface area contributed by atoms with Gasteiger partial charge >= 0.3 is 6.09 Å². The SMILES string of the molecule is CC(C)(C)OC(=O)N(c1ccc(NC(=O)c2ccccc2-c2ccccc2)cc1)C(C)(C)C. The van der Waals surface area contributed by atoms with Crippen molar-refractivity contribution in [1.29, 1.82) is 0 Å². The number of anilines is 2. The van der Waals surface area contributed by atoms with Crippen molar-refractivity contribution in [2.24, 2.45) is 0 Å². The Hall–Kier alpha value is -3.60. The van der Waals surface area contributed by atoms with E-state index in [2.05, 4.69) is 5.32 Å². The van der Waals surface area contributed by atoms with Gasteiger partial charge < -0.3 is 10.1 Å². The molecule has 3 rings (SSSR count). The zero-order valence-electron chi connectivity index (χ0n) is 20.2. The Morgan fingerprint density at radius 3 is 1.91 bits per heavy atom. The highest BCUT2D eigenvalue weighted by Crippen LogP contribution is 2.29. The van der Waals surface area contributed by atoms with Crippen molar-refractivity contribution in [2.45, 2.75) is 52.7 Å². The maximum absolute atomic E-state index is 13.1. The number of nitrogens with one attached hydrogen (secondary N) is 1. The molecule has 1 N–H and O–H groups in total. The van der Waals surface area contributed by atoms with Crippen LogP contribution >= 0.6 is 0 Å². The van der Waals surface area contributed by atoms with Crippen molar-refractivity contribution < 1.29 is 14.3 Å². The smallest absolute Gasteiger partial charge is 0.415 e. The highest BCUT2D eigenvalue weighted by atomic mass is 16.6. The molecule has 0 aliphatic rings. The van der Waals surface area contributed by atoms with Crippen molar-refractivity contribution in [3.63, 3.8) is 0 Å². The summed E-state index contributed by atoms with van der Waals surface area (Å²) in [5, 5.41) is 2.97. The highest BCUT2D eigenvalue weighted by Gasteiger charge is 2.32. The van der Waals surface area contributed by atoms with Crippen LogP contribution in [0.25, 0.3) is 11.1 Å². The van der Waals surface area contributed by atoms with Gasteiger partial charge in [-0.15, -0.1) is 0 Å². The summed E-state index contributed by atoms with van der Waals surface area (Å²) < 4.78 is 5.61. The van der Waals surface area contributed by atoms with Crippen LogP contribution < -0.4 is 10.2 Å². The van der Waals surface area contributed by atoms with E-state index in [1.54, 1.807) is 17.0 Å². The average Bonchev–Trinajstić information content (AvgIpc) is 2.73. The molecule has 3 aromatic carbocycles. The number of rotatable bonds is 4. The molecular formula is C28H32N2O3. The van der Waals surface area contributed by atoms with Crippen LogP contribution in [-0.4, -0.2) is 23.1 Å². The van der Waals surface area contributed by atoms with Gasteiger partial charge in [-0.25, -0.2) is 4.79 Å². The Morgan fingerprint density at radius 2 is 1.33 bits per heavy atom. The van der Waals surface area contributed by atoms with E-state index in [0.717, 1.165) is 11.1 Å². The molecule has 0 bridgehead atoms. The van der Waals surface area contributed by atoms with Crippen LogP contribution in [0.5, 0.6) is 0 Å². The Morgan fingerprint density at radius 1 is 0.758 bits per heavy atom. The number of hydrogen-bond donors (Lipinski definition) is 1. The number of benzene rings is 3. The lowest BCUT2D eigenvalue weighted by Crippen LogP contribution is -2.48. The minimum Gasteiger partial charge on any atom is -0.443 e. The molecule has 5 heteroatoms. The molecule has 0 spiro atoms. The summed E-state index contributed by atoms with van der Waals surface area (Å²) in [5.74, 6) is -0.193. The molecule has 33 heavy (non-hydrogen) atoms. The van der Waals surface area contributed by atoms with Gasteiger partial charge in [-0.3, -0.25) is 9.69 Å². The first-order valence-electron chi connectivity index (χ1n) is 11.0. The number of ether oxygens (including phenoxy) is 1. The zero-order valence-corrected chi connectivity index (χ0v) is 20.2. The van der Waals surface area contributed by atoms with Crippen LogP contribution in [0.15, 0.2) is 78.9 Å². The summed E-state index contributed by atoms with van der Waals surface area (Å²) in [6.45, 7) is 11.4. The van der Waals surface area contributed by atoms with E-state index in [1.165, 1.54) is 0 Å². The molecule has 0 aromatic heterocycles. The third-order valence-electron chi connectivity index (χ3n) is 4.89. The van der Waals surface area contributed by atoms with Gasteiger partial charge in [0.25, 0.3) is 5.91 Å². The number of carbonyl (C=O) groups excluding carboxylic acids is 2. The van der Waals surface area contributed by atoms with Crippen LogP contribution in [-0.2, 0) is 4.74 Å². The lowest BCUT2D eigenvalue weighted by Gasteiger charge is -2.36. The van der Waals surface area contributed by atoms with Crippen LogP contribution in [0.3, 0.4) is 0 Å². The fraction of sp³-hybridized carbons (Fsp3) is 0.286. The normalized spacial score (nSPS) is 11.6. The van der Waals surface area contributed by atoms with Gasteiger partial charge in [0.15, 0.2) is 0 Å². The second-order valence-electron chi connectivity index (χ2n) is 9.90. The van der Waals surface area contributed by atoms with Crippen molar-refractivity contribution in [3.8, 4) is 11.1 Å². The molecule has 0 unspecified atom stereocenters. The van der Waals surface area contributed by atoms with Crippen LogP contribution in [0.4, 0.5) is 16.2 Å². The monoisotopic (exact) mass is 444 g/mol. The molecule has 0 saturated heterocycles. The minimum atomic E-state index is -0.597. The molecular weight excluding hydrogens is 412 g/mol. The molecule has 0 fully saturated rings. The third-order valence-corrected chi connectivity index (χ3v) is 4.89. The first kappa shape index (κ1) is 24.1. The van der Waals surface area contributed by atoms with Gasteiger partial charge in [0.1, 0.15) is 5.60 Å². The molecule has 172 valence electrons. The summed E-state index contributed by atoms with van der Waals surface area (Å²) in [7, 11) is 0. The van der Waals surface area contributed by atoms with Crippen LogP contribution in [0.2, 0.25) is 0 Å². The summed E-state index contributed by atoms with van der Waals surface area (Å²) >= 11 is 0. The maximum atomic E-state index is 13.1.